The molecule has 1 aromatic rings. The van der Waals surface area contributed by atoms with Gasteiger partial charge in [-0.25, -0.2) is 4.99 Å². The van der Waals surface area contributed by atoms with Gasteiger partial charge in [0, 0.05) is 6.42 Å². The summed E-state index contributed by atoms with van der Waals surface area (Å²) < 4.78 is 5.59. The summed E-state index contributed by atoms with van der Waals surface area (Å²) in [4.78, 5) is 4.48. The normalized spacial score (nSPS) is 20.7. The van der Waals surface area contributed by atoms with E-state index in [1.54, 1.807) is 6.08 Å². The highest BCUT2D eigenvalue weighted by molar-refractivity contribution is 5.88. The quantitative estimate of drug-likeness (QED) is 0.829. The number of rotatable bonds is 4. The number of nitrogens with zero attached hydrogens (tertiary/aromatic N) is 1. The number of aliphatic hydroxyl groups is 1. The van der Waals surface area contributed by atoms with Crippen molar-refractivity contribution in [1.29, 1.82) is 0 Å². The van der Waals surface area contributed by atoms with E-state index in [0.717, 1.165) is 5.56 Å². The van der Waals surface area contributed by atoms with Gasteiger partial charge in [-0.1, -0.05) is 36.4 Å². The lowest BCUT2D eigenvalue weighted by molar-refractivity contribution is 0.0846. The maximum Gasteiger partial charge on any atom is 0.222 e. The van der Waals surface area contributed by atoms with Gasteiger partial charge in [-0.05, 0) is 19.4 Å². The predicted octanol–water partition coefficient (Wildman–Crippen LogP) is 2.66. The molecule has 96 valence electrons. The van der Waals surface area contributed by atoms with Gasteiger partial charge in [0.15, 0.2) is 5.60 Å². The molecule has 3 nitrogen and oxygen atoms in total. The maximum absolute atomic E-state index is 10.9. The van der Waals surface area contributed by atoms with Crippen LogP contribution in [0.4, 0.5) is 0 Å². The van der Waals surface area contributed by atoms with Gasteiger partial charge in [-0.15, -0.1) is 6.58 Å². The van der Waals surface area contributed by atoms with Crippen LogP contribution >= 0.6 is 0 Å². The molecule has 0 saturated heterocycles. The number of ether oxygens (including phenoxy) is 1. The first kappa shape index (κ1) is 12.8. The Bertz CT molecular complexity index is 465. The van der Waals surface area contributed by atoms with Crippen molar-refractivity contribution < 1.29 is 9.84 Å². The third-order valence-electron chi connectivity index (χ3n) is 3.01. The Balaban J connectivity index is 2.43. The first-order valence-electron chi connectivity index (χ1n) is 6.10. The highest BCUT2D eigenvalue weighted by Gasteiger charge is 2.41. The number of aliphatic imine (C=N–C) groups is 1. The zero-order chi connectivity index (χ0) is 13.2. The SMILES string of the molecule is C=CCC(O)(C1=NC(C)(C)CO1)c1ccccc1. The molecular weight excluding hydrogens is 226 g/mol. The fourth-order valence-electron chi connectivity index (χ4n) is 2.05. The Kier molecular flexibility index (Phi) is 3.26. The summed E-state index contributed by atoms with van der Waals surface area (Å²) in [5, 5.41) is 10.9. The lowest BCUT2D eigenvalue weighted by Crippen LogP contribution is -2.35. The van der Waals surface area contributed by atoms with E-state index in [9.17, 15) is 5.11 Å². The summed E-state index contributed by atoms with van der Waals surface area (Å²) >= 11 is 0. The van der Waals surface area contributed by atoms with Crippen LogP contribution < -0.4 is 0 Å². The molecular formula is C15H19NO2. The fourth-order valence-corrected chi connectivity index (χ4v) is 2.05. The molecule has 1 heterocycles. The highest BCUT2D eigenvalue weighted by atomic mass is 16.5. The molecule has 0 spiro atoms. The Morgan fingerprint density at radius 1 is 1.44 bits per heavy atom. The van der Waals surface area contributed by atoms with Gasteiger partial charge in [0.2, 0.25) is 5.90 Å². The van der Waals surface area contributed by atoms with Gasteiger partial charge in [-0.2, -0.15) is 0 Å². The van der Waals surface area contributed by atoms with Crippen LogP contribution in [0.5, 0.6) is 0 Å². The van der Waals surface area contributed by atoms with Gasteiger partial charge < -0.3 is 9.84 Å². The van der Waals surface area contributed by atoms with Gasteiger partial charge in [0.1, 0.15) is 6.61 Å². The van der Waals surface area contributed by atoms with Gasteiger partial charge in [0.25, 0.3) is 0 Å². The topological polar surface area (TPSA) is 41.8 Å². The average molecular weight is 245 g/mol. The monoisotopic (exact) mass is 245 g/mol. The molecule has 1 unspecified atom stereocenters. The molecule has 1 aliphatic heterocycles. The zero-order valence-corrected chi connectivity index (χ0v) is 10.9. The van der Waals surface area contributed by atoms with Crippen molar-refractivity contribution in [2.24, 2.45) is 4.99 Å². The fraction of sp³-hybridized carbons (Fsp3) is 0.400. The molecule has 3 heteroatoms. The van der Waals surface area contributed by atoms with E-state index in [0.29, 0.717) is 18.9 Å². The van der Waals surface area contributed by atoms with Crippen LogP contribution in [0.25, 0.3) is 0 Å². The van der Waals surface area contributed by atoms with E-state index in [1.807, 2.05) is 44.2 Å². The van der Waals surface area contributed by atoms with Crippen molar-refractivity contribution in [3.63, 3.8) is 0 Å². The van der Waals surface area contributed by atoms with E-state index in [2.05, 4.69) is 11.6 Å². The van der Waals surface area contributed by atoms with Crippen LogP contribution in [-0.2, 0) is 10.3 Å². The molecule has 1 N–H and O–H groups in total. The molecule has 0 saturated carbocycles. The Morgan fingerprint density at radius 2 is 2.11 bits per heavy atom. The molecule has 0 fully saturated rings. The number of benzene rings is 1. The smallest absolute Gasteiger partial charge is 0.222 e. The first-order chi connectivity index (χ1) is 8.48. The Labute approximate surface area is 108 Å². The number of hydrogen-bond acceptors (Lipinski definition) is 3. The maximum atomic E-state index is 10.9. The minimum Gasteiger partial charge on any atom is -0.476 e. The summed E-state index contributed by atoms with van der Waals surface area (Å²) in [6, 6.07) is 9.45. The third-order valence-corrected chi connectivity index (χ3v) is 3.01. The highest BCUT2D eigenvalue weighted by Crippen LogP contribution is 2.32. The lowest BCUT2D eigenvalue weighted by atomic mass is 9.90. The third kappa shape index (κ3) is 2.31. The molecule has 1 aliphatic rings. The van der Waals surface area contributed by atoms with Crippen LogP contribution in [0, 0.1) is 0 Å². The summed E-state index contributed by atoms with van der Waals surface area (Å²) in [6.45, 7) is 8.17. The van der Waals surface area contributed by atoms with Crippen LogP contribution in [0.1, 0.15) is 25.8 Å². The van der Waals surface area contributed by atoms with Crippen molar-refractivity contribution in [3.8, 4) is 0 Å². The second-order valence-corrected chi connectivity index (χ2v) is 5.24. The number of hydrogen-bond donors (Lipinski definition) is 1. The van der Waals surface area contributed by atoms with Crippen LogP contribution in [-0.4, -0.2) is 23.2 Å². The van der Waals surface area contributed by atoms with Crippen molar-refractivity contribution in [2.75, 3.05) is 6.61 Å². The minimum absolute atomic E-state index is 0.279. The molecule has 0 amide bonds. The molecule has 18 heavy (non-hydrogen) atoms. The minimum atomic E-state index is -1.21. The van der Waals surface area contributed by atoms with Crippen molar-refractivity contribution in [3.05, 3.63) is 48.6 Å². The Morgan fingerprint density at radius 3 is 2.61 bits per heavy atom. The van der Waals surface area contributed by atoms with E-state index in [1.165, 1.54) is 0 Å². The first-order valence-corrected chi connectivity index (χ1v) is 6.10. The van der Waals surface area contributed by atoms with E-state index >= 15 is 0 Å². The Hall–Kier alpha value is -1.61. The second-order valence-electron chi connectivity index (χ2n) is 5.24. The molecule has 1 aromatic carbocycles. The van der Waals surface area contributed by atoms with E-state index in [4.69, 9.17) is 4.74 Å². The van der Waals surface area contributed by atoms with Gasteiger partial charge in [-0.3, -0.25) is 0 Å². The molecule has 2 rings (SSSR count). The predicted molar refractivity (Wildman–Crippen MR) is 72.6 cm³/mol. The lowest BCUT2D eigenvalue weighted by Gasteiger charge is -2.26. The summed E-state index contributed by atoms with van der Waals surface area (Å²) in [7, 11) is 0. The van der Waals surface area contributed by atoms with Gasteiger partial charge in [0.05, 0.1) is 5.54 Å². The van der Waals surface area contributed by atoms with Crippen LogP contribution in [0.3, 0.4) is 0 Å². The van der Waals surface area contributed by atoms with Crippen molar-refractivity contribution in [2.45, 2.75) is 31.4 Å². The molecule has 0 aromatic heterocycles. The largest absolute Gasteiger partial charge is 0.476 e. The molecule has 0 aliphatic carbocycles. The summed E-state index contributed by atoms with van der Waals surface area (Å²) in [5.41, 5.74) is -0.711. The summed E-state index contributed by atoms with van der Waals surface area (Å²) in [6.07, 6.45) is 2.07. The standard InChI is InChI=1S/C15H19NO2/c1-4-10-15(17,12-8-6-5-7-9-12)13-16-14(2,3)11-18-13/h4-9,17H,1,10-11H2,2-3H3. The second kappa shape index (κ2) is 4.58. The summed E-state index contributed by atoms with van der Waals surface area (Å²) in [5.74, 6) is 0.388. The molecule has 0 radical (unpaired) electrons. The van der Waals surface area contributed by atoms with Crippen LogP contribution in [0.15, 0.2) is 48.0 Å². The van der Waals surface area contributed by atoms with Crippen molar-refractivity contribution >= 4 is 5.90 Å². The average Bonchev–Trinajstić information content (AvgIpc) is 2.71. The zero-order valence-electron chi connectivity index (χ0n) is 10.9. The van der Waals surface area contributed by atoms with Gasteiger partial charge >= 0.3 is 0 Å². The van der Waals surface area contributed by atoms with E-state index < -0.39 is 5.60 Å². The molecule has 1 atom stereocenters. The molecule has 0 bridgehead atoms. The van der Waals surface area contributed by atoms with Crippen LogP contribution in [0.2, 0.25) is 0 Å². The van der Waals surface area contributed by atoms with E-state index in [-0.39, 0.29) is 5.54 Å². The van der Waals surface area contributed by atoms with Crippen molar-refractivity contribution in [1.82, 2.24) is 0 Å².